The van der Waals surface area contributed by atoms with Gasteiger partial charge in [-0.25, -0.2) is 22.2 Å². The zero-order chi connectivity index (χ0) is 16.9. The third kappa shape index (κ3) is 8.86. The van der Waals surface area contributed by atoms with Gasteiger partial charge in [-0.05, 0) is 25.7 Å². The molecular weight excluding hydrogens is 382 g/mol. The molecule has 0 N–H and O–H groups in total. The summed E-state index contributed by atoms with van der Waals surface area (Å²) in [6.07, 6.45) is 7.82. The molecule has 24 heavy (non-hydrogen) atoms. The quantitative estimate of drug-likeness (QED) is 0.188. The van der Waals surface area contributed by atoms with Crippen molar-refractivity contribution in [3.05, 3.63) is 37.0 Å². The van der Waals surface area contributed by atoms with E-state index in [1.165, 1.54) is 38.5 Å². The molecule has 1 aromatic rings. The second-order valence-corrected chi connectivity index (χ2v) is 6.68. The molecule has 2 heterocycles. The van der Waals surface area contributed by atoms with Crippen LogP contribution in [0.2, 0.25) is 0 Å². The van der Waals surface area contributed by atoms with Crippen molar-refractivity contribution in [1.29, 1.82) is 0 Å². The van der Waals surface area contributed by atoms with E-state index in [0.717, 1.165) is 26.2 Å². The number of nitrogens with zero attached hydrogens (tertiary/aromatic N) is 3. The molecule has 2 fully saturated rings. The van der Waals surface area contributed by atoms with Crippen molar-refractivity contribution in [3.63, 3.8) is 0 Å². The van der Waals surface area contributed by atoms with E-state index in [1.807, 2.05) is 30.3 Å². The zero-order valence-electron chi connectivity index (χ0n) is 13.9. The molecule has 0 unspecified atom stereocenters. The molecule has 0 amide bonds. The molecule has 1 aromatic carbocycles. The summed E-state index contributed by atoms with van der Waals surface area (Å²) in [6, 6.07) is 10.0. The summed E-state index contributed by atoms with van der Waals surface area (Å²) in [5, 5.41) is 6.88. The Bertz CT molecular complexity index is 395. The van der Waals surface area contributed by atoms with E-state index in [-0.39, 0.29) is 17.1 Å². The van der Waals surface area contributed by atoms with Gasteiger partial charge in [0.1, 0.15) is 16.5 Å². The van der Waals surface area contributed by atoms with Crippen molar-refractivity contribution >= 4 is 29.2 Å². The molecule has 0 saturated carbocycles. The molecular formula is C17H26FeN3OS2-. The maximum absolute atomic E-state index is 7.50. The minimum Gasteiger partial charge on any atom is -0.677 e. The molecule has 0 radical (unpaired) electrons. The summed E-state index contributed by atoms with van der Waals surface area (Å²) in [5.41, 5.74) is 0. The van der Waals surface area contributed by atoms with Crippen LogP contribution in [-0.2, 0) is 46.6 Å². The largest absolute Gasteiger partial charge is 0.677 e. The van der Waals surface area contributed by atoms with Gasteiger partial charge in [0.05, 0.1) is 0 Å². The van der Waals surface area contributed by atoms with Crippen LogP contribution in [0.25, 0.3) is 0 Å². The Hall–Kier alpha value is -0.0705. The van der Waals surface area contributed by atoms with Gasteiger partial charge >= 0.3 is 11.3 Å². The van der Waals surface area contributed by atoms with Gasteiger partial charge in [0.2, 0.25) is 0 Å². The molecule has 0 bridgehead atoms. The molecule has 0 aliphatic carbocycles. The predicted octanol–water partition coefficient (Wildman–Crippen LogP) is 2.37. The summed E-state index contributed by atoms with van der Waals surface area (Å²) in [4.78, 5) is 0. The van der Waals surface area contributed by atoms with Gasteiger partial charge < -0.3 is 12.6 Å². The Morgan fingerprint density at radius 2 is 1.29 bits per heavy atom. The monoisotopic (exact) mass is 408 g/mol. The SMILES string of the molecule is [C-]#[O+].[Fe].[S-]C(=[SH+])N(N1CCCCC1)N1CCCCC1.c1cc[cH-]c1. The number of hydrogen-bond donors (Lipinski definition) is 0. The average molecular weight is 408 g/mol. The summed E-state index contributed by atoms with van der Waals surface area (Å²) in [5.74, 6) is 0. The van der Waals surface area contributed by atoms with Crippen LogP contribution in [0.4, 0.5) is 0 Å². The third-order valence-corrected chi connectivity index (χ3v) is 4.27. The fourth-order valence-electron chi connectivity index (χ4n) is 2.87. The van der Waals surface area contributed by atoms with Crippen molar-refractivity contribution in [1.82, 2.24) is 15.1 Å². The molecule has 0 atom stereocenters. The van der Waals surface area contributed by atoms with E-state index in [1.54, 1.807) is 0 Å². The molecule has 4 nitrogen and oxygen atoms in total. The van der Waals surface area contributed by atoms with Crippen LogP contribution < -0.4 is 0 Å². The summed E-state index contributed by atoms with van der Waals surface area (Å²) < 4.78 is 8.20. The molecule has 2 saturated heterocycles. The predicted molar refractivity (Wildman–Crippen MR) is 99.8 cm³/mol. The van der Waals surface area contributed by atoms with Crippen LogP contribution in [0.1, 0.15) is 38.5 Å². The molecule has 0 spiro atoms. The van der Waals surface area contributed by atoms with Gasteiger partial charge in [-0.2, -0.15) is 18.2 Å². The second-order valence-electron chi connectivity index (χ2n) is 5.56. The normalized spacial score (nSPS) is 18.3. The number of hydrazine groups is 2. The fraction of sp³-hybridized carbons (Fsp3) is 0.588. The smallest absolute Gasteiger partial charge is 0.148 e. The first-order valence-corrected chi connectivity index (χ1v) is 9.04. The maximum atomic E-state index is 7.50. The van der Waals surface area contributed by atoms with E-state index in [0.29, 0.717) is 4.32 Å². The Kier molecular flexibility index (Phi) is 15.2. The van der Waals surface area contributed by atoms with E-state index < -0.39 is 0 Å². The van der Waals surface area contributed by atoms with Crippen molar-refractivity contribution in [2.45, 2.75) is 38.5 Å². The fourth-order valence-corrected chi connectivity index (χ4v) is 3.36. The van der Waals surface area contributed by atoms with Crippen LogP contribution in [0.5, 0.6) is 0 Å². The van der Waals surface area contributed by atoms with Gasteiger partial charge in [0, 0.05) is 43.2 Å². The summed E-state index contributed by atoms with van der Waals surface area (Å²) in [6.45, 7) is 8.99. The average Bonchev–Trinajstić information content (AvgIpc) is 3.18. The van der Waals surface area contributed by atoms with Crippen LogP contribution in [0.3, 0.4) is 0 Å². The first kappa shape index (κ1) is 23.9. The van der Waals surface area contributed by atoms with Gasteiger partial charge in [-0.15, -0.1) is 5.12 Å². The van der Waals surface area contributed by atoms with Gasteiger partial charge in [0.25, 0.3) is 0 Å². The van der Waals surface area contributed by atoms with Crippen molar-refractivity contribution in [2.24, 2.45) is 0 Å². The molecule has 2 aliphatic rings. The molecule has 2 aliphatic heterocycles. The first-order chi connectivity index (χ1) is 11.3. The van der Waals surface area contributed by atoms with E-state index in [4.69, 9.17) is 17.3 Å². The van der Waals surface area contributed by atoms with Crippen LogP contribution >= 0.6 is 0 Å². The summed E-state index contributed by atoms with van der Waals surface area (Å²) >= 11 is 9.67. The van der Waals surface area contributed by atoms with Crippen LogP contribution in [0, 0.1) is 6.65 Å². The minimum atomic E-state index is 0. The van der Waals surface area contributed by atoms with E-state index in [2.05, 4.69) is 34.0 Å². The Morgan fingerprint density at radius 1 is 0.917 bits per heavy atom. The first-order valence-electron chi connectivity index (χ1n) is 8.19. The Morgan fingerprint density at radius 3 is 1.54 bits per heavy atom. The van der Waals surface area contributed by atoms with E-state index in [9.17, 15) is 0 Å². The number of hydrogen-bond acceptors (Lipinski definition) is 3. The van der Waals surface area contributed by atoms with Gasteiger partial charge in [-0.1, -0.05) is 12.8 Å². The summed E-state index contributed by atoms with van der Waals surface area (Å²) in [7, 11) is 0. The number of thiol groups is 1. The number of piperidine rings is 2. The Balaban J connectivity index is 0.000000560. The van der Waals surface area contributed by atoms with Gasteiger partial charge in [0.15, 0.2) is 0 Å². The van der Waals surface area contributed by atoms with E-state index >= 15 is 0 Å². The van der Waals surface area contributed by atoms with Crippen molar-refractivity contribution < 1.29 is 21.7 Å². The molecule has 3 rings (SSSR count). The molecule has 7 heteroatoms. The maximum Gasteiger partial charge on any atom is 0.148 e. The molecule has 136 valence electrons. The van der Waals surface area contributed by atoms with Crippen molar-refractivity contribution in [2.75, 3.05) is 26.2 Å². The third-order valence-electron chi connectivity index (χ3n) is 3.93. The topological polar surface area (TPSA) is 29.6 Å². The molecule has 0 aromatic heterocycles. The van der Waals surface area contributed by atoms with Crippen LogP contribution in [-0.4, -0.2) is 45.6 Å². The number of rotatable bonds is 2. The second kappa shape index (κ2) is 15.2. The van der Waals surface area contributed by atoms with Gasteiger partial charge in [-0.3, -0.25) is 0 Å². The van der Waals surface area contributed by atoms with Crippen LogP contribution in [0.15, 0.2) is 30.3 Å². The standard InChI is InChI=1S/C11H21N3S2.C5H5.CO.Fe/c15-11(16)14(12-7-3-1-4-8-12)13-9-5-2-6-10-13;1-2-4-5-3-1;1-2;/h1-10H2,(H,15,16);1-5H;;/q;-1;;. The Labute approximate surface area is 167 Å². The zero-order valence-corrected chi connectivity index (χ0v) is 16.7. The minimum absolute atomic E-state index is 0. The van der Waals surface area contributed by atoms with Crippen molar-refractivity contribution in [3.8, 4) is 0 Å².